The van der Waals surface area contributed by atoms with Crippen LogP contribution < -0.4 is 5.32 Å². The molecule has 4 saturated carbocycles. The molecule has 1 aromatic carbocycles. The number of esters is 1. The SMILES string of the molecule is COC(=O)C1CCN(CC(=O)NC23CC4C[C@H](C2)CC(c2ccc(F)cc2)(C4)C3)CC1. The van der Waals surface area contributed by atoms with Gasteiger partial charge in [0.25, 0.3) is 0 Å². The average Bonchev–Trinajstić information content (AvgIpc) is 2.72. The standard InChI is InChI=1S/C25H33FN2O3/c1-31-23(30)19-6-8-28(9-7-19)15-22(29)27-25-13-17-10-18(14-25)12-24(11-17,16-25)20-2-4-21(26)5-3-20/h2-5,17-19H,6-16H2,1H3,(H,27,29)/t17-,18?,24?,25?/m0/s1. The van der Waals surface area contributed by atoms with E-state index in [0.29, 0.717) is 18.4 Å². The summed E-state index contributed by atoms with van der Waals surface area (Å²) in [5, 5.41) is 3.48. The summed E-state index contributed by atoms with van der Waals surface area (Å²) in [6.45, 7) is 1.91. The van der Waals surface area contributed by atoms with Crippen molar-refractivity contribution >= 4 is 11.9 Å². The van der Waals surface area contributed by atoms with Gasteiger partial charge in [0.05, 0.1) is 19.6 Å². The topological polar surface area (TPSA) is 58.6 Å². The fourth-order valence-corrected chi connectivity index (χ4v) is 7.58. The highest BCUT2D eigenvalue weighted by molar-refractivity contribution is 5.79. The summed E-state index contributed by atoms with van der Waals surface area (Å²) in [5.41, 5.74) is 1.19. The molecule has 5 nitrogen and oxygen atoms in total. The number of hydrogen-bond donors (Lipinski definition) is 1. The lowest BCUT2D eigenvalue weighted by atomic mass is 9.45. The Labute approximate surface area is 183 Å². The highest BCUT2D eigenvalue weighted by atomic mass is 19.1. The van der Waals surface area contributed by atoms with Crippen LogP contribution in [0.3, 0.4) is 0 Å². The Balaban J connectivity index is 1.25. The van der Waals surface area contributed by atoms with Crippen LogP contribution in [0.2, 0.25) is 0 Å². The summed E-state index contributed by atoms with van der Waals surface area (Å²) in [6.07, 6.45) is 8.20. The Morgan fingerprint density at radius 3 is 2.35 bits per heavy atom. The first kappa shape index (κ1) is 20.9. The lowest BCUT2D eigenvalue weighted by Gasteiger charge is -2.62. The van der Waals surface area contributed by atoms with E-state index >= 15 is 0 Å². The number of ether oxygens (including phenoxy) is 1. The molecule has 6 rings (SSSR count). The number of methoxy groups -OCH3 is 1. The maximum atomic E-state index is 13.5. The number of piperidine rings is 1. The molecule has 1 aliphatic heterocycles. The average molecular weight is 429 g/mol. The number of nitrogens with one attached hydrogen (secondary N) is 1. The number of rotatable bonds is 5. The van der Waals surface area contributed by atoms with Gasteiger partial charge in [-0.1, -0.05) is 12.1 Å². The molecule has 0 radical (unpaired) electrons. The van der Waals surface area contributed by atoms with Gasteiger partial charge in [0.1, 0.15) is 5.82 Å². The van der Waals surface area contributed by atoms with Crippen molar-refractivity contribution in [2.45, 2.75) is 62.3 Å². The molecular weight excluding hydrogens is 395 g/mol. The van der Waals surface area contributed by atoms with Crippen molar-refractivity contribution in [2.75, 3.05) is 26.7 Å². The Kier molecular flexibility index (Phi) is 5.32. The van der Waals surface area contributed by atoms with E-state index < -0.39 is 0 Å². The molecule has 0 spiro atoms. The quantitative estimate of drug-likeness (QED) is 0.730. The fraction of sp³-hybridized carbons (Fsp3) is 0.680. The van der Waals surface area contributed by atoms with Crippen molar-refractivity contribution < 1.29 is 18.7 Å². The van der Waals surface area contributed by atoms with Gasteiger partial charge in [0.15, 0.2) is 0 Å². The first-order valence-corrected chi connectivity index (χ1v) is 11.8. The van der Waals surface area contributed by atoms with Crippen LogP contribution in [0.4, 0.5) is 4.39 Å². The summed E-state index contributed by atoms with van der Waals surface area (Å²) in [4.78, 5) is 27.0. The number of carbonyl (C=O) groups is 2. The minimum atomic E-state index is -0.188. The summed E-state index contributed by atoms with van der Waals surface area (Å²) < 4.78 is 18.4. The number of hydrogen-bond acceptors (Lipinski definition) is 4. The number of nitrogens with zero attached hydrogens (tertiary/aromatic N) is 1. The normalized spacial score (nSPS) is 35.2. The molecule has 4 atom stereocenters. The first-order chi connectivity index (χ1) is 14.9. The molecule has 1 heterocycles. The molecule has 6 heteroatoms. The number of benzene rings is 1. The van der Waals surface area contributed by atoms with Gasteiger partial charge < -0.3 is 10.1 Å². The van der Waals surface area contributed by atoms with Crippen molar-refractivity contribution in [2.24, 2.45) is 17.8 Å². The van der Waals surface area contributed by atoms with E-state index in [4.69, 9.17) is 4.74 Å². The van der Waals surface area contributed by atoms with Crippen molar-refractivity contribution in [3.05, 3.63) is 35.6 Å². The van der Waals surface area contributed by atoms with Crippen molar-refractivity contribution in [3.63, 3.8) is 0 Å². The third kappa shape index (κ3) is 3.99. The van der Waals surface area contributed by atoms with Crippen LogP contribution >= 0.6 is 0 Å². The van der Waals surface area contributed by atoms with Gasteiger partial charge in [-0.05, 0) is 99.4 Å². The predicted molar refractivity (Wildman–Crippen MR) is 115 cm³/mol. The van der Waals surface area contributed by atoms with Gasteiger partial charge in [-0.2, -0.15) is 0 Å². The number of halogens is 1. The maximum absolute atomic E-state index is 13.5. The van der Waals surface area contributed by atoms with Gasteiger partial charge in [-0.25, -0.2) is 4.39 Å². The largest absolute Gasteiger partial charge is 0.469 e. The molecule has 1 aromatic rings. The maximum Gasteiger partial charge on any atom is 0.308 e. The zero-order valence-corrected chi connectivity index (χ0v) is 18.4. The minimum absolute atomic E-state index is 0.0389. The predicted octanol–water partition coefficient (Wildman–Crippen LogP) is 3.42. The fourth-order valence-electron chi connectivity index (χ4n) is 7.58. The Hall–Kier alpha value is -1.95. The van der Waals surface area contributed by atoms with Gasteiger partial charge in [-0.3, -0.25) is 14.5 Å². The lowest BCUT2D eigenvalue weighted by Crippen LogP contribution is -2.65. The zero-order chi connectivity index (χ0) is 21.6. The van der Waals surface area contributed by atoms with Crippen molar-refractivity contribution in [1.82, 2.24) is 10.2 Å². The Bertz CT molecular complexity index is 833. The molecule has 4 aliphatic carbocycles. The molecule has 0 aromatic heterocycles. The van der Waals surface area contributed by atoms with Crippen molar-refractivity contribution in [1.29, 1.82) is 0 Å². The van der Waals surface area contributed by atoms with E-state index in [2.05, 4.69) is 10.2 Å². The zero-order valence-electron chi connectivity index (χ0n) is 18.4. The van der Waals surface area contributed by atoms with E-state index in [1.165, 1.54) is 19.1 Å². The van der Waals surface area contributed by atoms with Crippen LogP contribution in [0.1, 0.15) is 56.9 Å². The second kappa shape index (κ2) is 7.88. The molecular formula is C25H33FN2O3. The smallest absolute Gasteiger partial charge is 0.308 e. The Morgan fingerprint density at radius 1 is 1.10 bits per heavy atom. The molecule has 5 fully saturated rings. The van der Waals surface area contributed by atoms with Gasteiger partial charge in [-0.15, -0.1) is 0 Å². The van der Waals surface area contributed by atoms with Gasteiger partial charge in [0, 0.05) is 5.54 Å². The third-order valence-electron chi connectivity index (χ3n) is 8.41. The number of likely N-dealkylation sites (tertiary alicyclic amines) is 1. The highest BCUT2D eigenvalue weighted by Crippen LogP contribution is 2.62. The molecule has 3 unspecified atom stereocenters. The monoisotopic (exact) mass is 428 g/mol. The van der Waals surface area contributed by atoms with E-state index in [1.54, 1.807) is 12.1 Å². The summed E-state index contributed by atoms with van der Waals surface area (Å²) >= 11 is 0. The van der Waals surface area contributed by atoms with Crippen LogP contribution in [-0.2, 0) is 19.7 Å². The van der Waals surface area contributed by atoms with Crippen LogP contribution in [0.5, 0.6) is 0 Å². The third-order valence-corrected chi connectivity index (χ3v) is 8.41. The second-order valence-corrected chi connectivity index (χ2v) is 10.7. The highest BCUT2D eigenvalue weighted by Gasteiger charge is 2.58. The number of carbonyl (C=O) groups excluding carboxylic acids is 2. The molecule has 1 amide bonds. The lowest BCUT2D eigenvalue weighted by molar-refractivity contribution is -0.147. The van der Waals surface area contributed by atoms with E-state index in [-0.39, 0.29) is 34.6 Å². The molecule has 168 valence electrons. The second-order valence-electron chi connectivity index (χ2n) is 10.7. The van der Waals surface area contributed by atoms with Crippen LogP contribution in [0, 0.1) is 23.6 Å². The molecule has 5 aliphatic rings. The van der Waals surface area contributed by atoms with Gasteiger partial charge in [0.2, 0.25) is 5.91 Å². The summed E-state index contributed by atoms with van der Waals surface area (Å²) in [5.74, 6) is 1.02. The summed E-state index contributed by atoms with van der Waals surface area (Å²) in [6, 6.07) is 7.08. The van der Waals surface area contributed by atoms with Crippen LogP contribution in [-0.4, -0.2) is 49.1 Å². The Morgan fingerprint density at radius 2 is 1.74 bits per heavy atom. The molecule has 1 N–H and O–H groups in total. The number of amides is 1. The van der Waals surface area contributed by atoms with Gasteiger partial charge >= 0.3 is 5.97 Å². The molecule has 1 saturated heterocycles. The first-order valence-electron chi connectivity index (χ1n) is 11.8. The van der Waals surface area contributed by atoms with Crippen LogP contribution in [0.15, 0.2) is 24.3 Å². The van der Waals surface area contributed by atoms with E-state index in [9.17, 15) is 14.0 Å². The summed E-state index contributed by atoms with van der Waals surface area (Å²) in [7, 11) is 1.44. The van der Waals surface area contributed by atoms with E-state index in [0.717, 1.165) is 58.0 Å². The van der Waals surface area contributed by atoms with Crippen LogP contribution in [0.25, 0.3) is 0 Å². The van der Waals surface area contributed by atoms with E-state index in [1.807, 2.05) is 12.1 Å². The molecule has 4 bridgehead atoms. The van der Waals surface area contributed by atoms with Crippen molar-refractivity contribution in [3.8, 4) is 0 Å². The molecule has 31 heavy (non-hydrogen) atoms. The minimum Gasteiger partial charge on any atom is -0.469 e.